The molecule has 0 amide bonds. The molecule has 0 aromatic heterocycles. The van der Waals surface area contributed by atoms with E-state index in [9.17, 15) is 9.90 Å². The zero-order valence-electron chi connectivity index (χ0n) is 11.9. The van der Waals surface area contributed by atoms with Gasteiger partial charge in [0.1, 0.15) is 5.54 Å². The Balaban J connectivity index is 2.45. The molecule has 2 unspecified atom stereocenters. The molecule has 2 atom stereocenters. The molecule has 0 aliphatic heterocycles. The van der Waals surface area contributed by atoms with Gasteiger partial charge < -0.3 is 10.4 Å². The van der Waals surface area contributed by atoms with E-state index >= 15 is 0 Å². The van der Waals surface area contributed by atoms with Crippen molar-refractivity contribution in [3.05, 3.63) is 0 Å². The Labute approximate surface area is 115 Å². The van der Waals surface area contributed by atoms with Gasteiger partial charge >= 0.3 is 5.97 Å². The fourth-order valence-corrected chi connectivity index (χ4v) is 4.30. The van der Waals surface area contributed by atoms with Crippen molar-refractivity contribution in [3.8, 4) is 0 Å². The molecule has 0 saturated heterocycles. The Morgan fingerprint density at radius 3 is 2.61 bits per heavy atom. The minimum Gasteiger partial charge on any atom is -0.480 e. The first-order valence-corrected chi connectivity index (χ1v) is 8.06. The molecule has 0 heterocycles. The van der Waals surface area contributed by atoms with Crippen molar-refractivity contribution in [2.24, 2.45) is 0 Å². The summed E-state index contributed by atoms with van der Waals surface area (Å²) in [6.45, 7) is 6.81. The average Bonchev–Trinajstić information content (AvgIpc) is 2.78. The van der Waals surface area contributed by atoms with Crippen molar-refractivity contribution in [2.45, 2.75) is 75.3 Å². The first kappa shape index (κ1) is 15.8. The summed E-state index contributed by atoms with van der Waals surface area (Å²) in [6, 6.07) is 0. The summed E-state index contributed by atoms with van der Waals surface area (Å²) in [7, 11) is 0. The minimum atomic E-state index is -0.777. The maximum atomic E-state index is 11.4. The number of hydrogen-bond acceptors (Lipinski definition) is 3. The summed E-state index contributed by atoms with van der Waals surface area (Å²) >= 11 is 1.98. The minimum absolute atomic E-state index is 0.401. The molecular weight excluding hydrogens is 246 g/mol. The molecule has 1 rings (SSSR count). The second-order valence-electron chi connectivity index (χ2n) is 5.62. The SMILES string of the molecule is CCCNC(C)(CC(C)SC1CCCC1)C(=O)O. The van der Waals surface area contributed by atoms with E-state index < -0.39 is 11.5 Å². The molecule has 1 saturated carbocycles. The smallest absolute Gasteiger partial charge is 0.323 e. The molecule has 1 aliphatic carbocycles. The fraction of sp³-hybridized carbons (Fsp3) is 0.929. The van der Waals surface area contributed by atoms with Crippen LogP contribution in [0.25, 0.3) is 0 Å². The van der Waals surface area contributed by atoms with Gasteiger partial charge in [-0.3, -0.25) is 4.79 Å². The molecule has 0 aromatic rings. The number of hydrogen-bond donors (Lipinski definition) is 2. The van der Waals surface area contributed by atoms with Gasteiger partial charge in [-0.1, -0.05) is 26.7 Å². The van der Waals surface area contributed by atoms with Crippen LogP contribution in [0.5, 0.6) is 0 Å². The third-order valence-electron chi connectivity index (χ3n) is 3.66. The highest BCUT2D eigenvalue weighted by Gasteiger charge is 2.34. The molecule has 106 valence electrons. The van der Waals surface area contributed by atoms with Crippen LogP contribution in [0.15, 0.2) is 0 Å². The molecule has 2 N–H and O–H groups in total. The number of rotatable bonds is 8. The summed E-state index contributed by atoms with van der Waals surface area (Å²) in [5, 5.41) is 13.7. The lowest BCUT2D eigenvalue weighted by Crippen LogP contribution is -2.51. The van der Waals surface area contributed by atoms with E-state index in [1.807, 2.05) is 18.7 Å². The van der Waals surface area contributed by atoms with E-state index in [0.29, 0.717) is 11.7 Å². The molecular formula is C14H27NO2S. The lowest BCUT2D eigenvalue weighted by molar-refractivity contribution is -0.144. The molecule has 18 heavy (non-hydrogen) atoms. The van der Waals surface area contributed by atoms with Crippen LogP contribution >= 0.6 is 11.8 Å². The molecule has 3 nitrogen and oxygen atoms in total. The van der Waals surface area contributed by atoms with Gasteiger partial charge in [0.05, 0.1) is 0 Å². The second-order valence-corrected chi connectivity index (χ2v) is 7.36. The highest BCUT2D eigenvalue weighted by Crippen LogP contribution is 2.34. The lowest BCUT2D eigenvalue weighted by Gasteiger charge is -2.30. The maximum absolute atomic E-state index is 11.4. The van der Waals surface area contributed by atoms with Crippen molar-refractivity contribution >= 4 is 17.7 Å². The van der Waals surface area contributed by atoms with Gasteiger partial charge in [0.2, 0.25) is 0 Å². The van der Waals surface area contributed by atoms with E-state index in [2.05, 4.69) is 19.2 Å². The van der Waals surface area contributed by atoms with Crippen LogP contribution < -0.4 is 5.32 Å². The molecule has 1 fully saturated rings. The summed E-state index contributed by atoms with van der Waals surface area (Å²) in [5.74, 6) is -0.727. The van der Waals surface area contributed by atoms with Gasteiger partial charge in [-0.2, -0.15) is 11.8 Å². The topological polar surface area (TPSA) is 49.3 Å². The van der Waals surface area contributed by atoms with Crippen LogP contribution in [0.1, 0.15) is 59.3 Å². The quantitative estimate of drug-likeness (QED) is 0.712. The predicted octanol–water partition coefficient (Wildman–Crippen LogP) is 3.28. The number of carbonyl (C=O) groups is 1. The van der Waals surface area contributed by atoms with Crippen LogP contribution in [-0.2, 0) is 4.79 Å². The summed E-state index contributed by atoms with van der Waals surface area (Å²) in [5.41, 5.74) is -0.777. The number of carboxylic acid groups (broad SMARTS) is 1. The summed E-state index contributed by atoms with van der Waals surface area (Å²) in [6.07, 6.45) is 6.96. The van der Waals surface area contributed by atoms with Crippen LogP contribution in [0.4, 0.5) is 0 Å². The van der Waals surface area contributed by atoms with E-state index in [1.54, 1.807) is 0 Å². The van der Waals surface area contributed by atoms with Crippen molar-refractivity contribution in [1.82, 2.24) is 5.32 Å². The van der Waals surface area contributed by atoms with Crippen molar-refractivity contribution in [3.63, 3.8) is 0 Å². The second kappa shape index (κ2) is 7.39. The van der Waals surface area contributed by atoms with Gasteiger partial charge in [0.25, 0.3) is 0 Å². The first-order chi connectivity index (χ1) is 8.48. The third kappa shape index (κ3) is 4.81. The Bertz CT molecular complexity index is 267. The van der Waals surface area contributed by atoms with Crippen LogP contribution in [0.3, 0.4) is 0 Å². The van der Waals surface area contributed by atoms with Crippen LogP contribution in [-0.4, -0.2) is 33.7 Å². The third-order valence-corrected chi connectivity index (χ3v) is 5.15. The largest absolute Gasteiger partial charge is 0.480 e. The van der Waals surface area contributed by atoms with Crippen molar-refractivity contribution in [1.29, 1.82) is 0 Å². The van der Waals surface area contributed by atoms with Gasteiger partial charge in [0.15, 0.2) is 0 Å². The Morgan fingerprint density at radius 1 is 1.50 bits per heavy atom. The van der Waals surface area contributed by atoms with Crippen molar-refractivity contribution in [2.75, 3.05) is 6.54 Å². The molecule has 0 radical (unpaired) electrons. The molecule has 0 spiro atoms. The highest BCUT2D eigenvalue weighted by atomic mass is 32.2. The van der Waals surface area contributed by atoms with Crippen molar-refractivity contribution < 1.29 is 9.90 Å². The zero-order chi connectivity index (χ0) is 13.6. The Hall–Kier alpha value is -0.220. The number of aliphatic carboxylic acids is 1. The maximum Gasteiger partial charge on any atom is 0.323 e. The van der Waals surface area contributed by atoms with Crippen LogP contribution in [0.2, 0.25) is 0 Å². The van der Waals surface area contributed by atoms with E-state index in [4.69, 9.17) is 0 Å². The Kier molecular flexibility index (Phi) is 6.50. The summed E-state index contributed by atoms with van der Waals surface area (Å²) < 4.78 is 0. The standard InChI is InChI=1S/C14H27NO2S/c1-4-9-15-14(3,13(16)17)10-11(2)18-12-7-5-6-8-12/h11-12,15H,4-10H2,1-3H3,(H,16,17). The Morgan fingerprint density at radius 2 is 2.11 bits per heavy atom. The number of thioether (sulfide) groups is 1. The van der Waals surface area contributed by atoms with Crippen LogP contribution in [0, 0.1) is 0 Å². The predicted molar refractivity (Wildman–Crippen MR) is 78.3 cm³/mol. The molecule has 0 aromatic carbocycles. The molecule has 4 heteroatoms. The molecule has 0 bridgehead atoms. The van der Waals surface area contributed by atoms with Gasteiger partial charge in [0, 0.05) is 10.5 Å². The normalized spacial score (nSPS) is 21.7. The van der Waals surface area contributed by atoms with E-state index in [1.165, 1.54) is 25.7 Å². The van der Waals surface area contributed by atoms with Gasteiger partial charge in [-0.15, -0.1) is 0 Å². The number of carboxylic acids is 1. The zero-order valence-corrected chi connectivity index (χ0v) is 12.7. The molecule has 1 aliphatic rings. The van der Waals surface area contributed by atoms with E-state index in [0.717, 1.165) is 18.2 Å². The number of nitrogens with one attached hydrogen (secondary N) is 1. The first-order valence-electron chi connectivity index (χ1n) is 7.12. The monoisotopic (exact) mass is 273 g/mol. The highest BCUT2D eigenvalue weighted by molar-refractivity contribution is 8.00. The van der Waals surface area contributed by atoms with Gasteiger partial charge in [-0.25, -0.2) is 0 Å². The van der Waals surface area contributed by atoms with E-state index in [-0.39, 0.29) is 0 Å². The lowest BCUT2D eigenvalue weighted by atomic mass is 9.96. The fourth-order valence-electron chi connectivity index (χ4n) is 2.61. The summed E-state index contributed by atoms with van der Waals surface area (Å²) in [4.78, 5) is 11.4. The average molecular weight is 273 g/mol. The van der Waals surface area contributed by atoms with Gasteiger partial charge in [-0.05, 0) is 39.2 Å².